The van der Waals surface area contributed by atoms with Crippen LogP contribution in [0.25, 0.3) is 0 Å². The topological polar surface area (TPSA) is 46.2 Å². The summed E-state index contributed by atoms with van der Waals surface area (Å²) in [5.74, 6) is 0.395. The summed E-state index contributed by atoms with van der Waals surface area (Å²) in [6, 6.07) is 0. The lowest BCUT2D eigenvalue weighted by atomic mass is 9.93. The highest BCUT2D eigenvalue weighted by Gasteiger charge is 2.38. The summed E-state index contributed by atoms with van der Waals surface area (Å²) in [4.78, 5) is 0. The summed E-state index contributed by atoms with van der Waals surface area (Å²) in [6.07, 6.45) is 6.12. The minimum Gasteiger partial charge on any atom is -0.375 e. The molecule has 0 N–H and O–H groups in total. The molecule has 0 aromatic rings. The number of rotatable bonds is 8. The first kappa shape index (κ1) is 22.1. The van der Waals surface area contributed by atoms with Gasteiger partial charge in [-0.25, -0.2) is 0 Å². The van der Waals surface area contributed by atoms with E-state index in [1.807, 2.05) is 13.8 Å². The van der Waals surface area contributed by atoms with Crippen molar-refractivity contribution in [1.29, 1.82) is 0 Å². The van der Waals surface area contributed by atoms with E-state index in [0.29, 0.717) is 0 Å². The smallest absolute Gasteiger partial charge is 0.183 e. The van der Waals surface area contributed by atoms with E-state index in [1.165, 1.54) is 0 Å². The molecule has 0 radical (unpaired) electrons. The molecule has 2 heterocycles. The number of hydrogen-bond acceptors (Lipinski definition) is 5. The van der Waals surface area contributed by atoms with Gasteiger partial charge in [-0.2, -0.15) is 0 Å². The van der Waals surface area contributed by atoms with E-state index >= 15 is 0 Å². The second-order valence-corrected chi connectivity index (χ2v) is 7.41. The fourth-order valence-corrected chi connectivity index (χ4v) is 3.80. The van der Waals surface area contributed by atoms with Gasteiger partial charge in [0.05, 0.1) is 12.2 Å². The molecular weight excluding hydrogens is 344 g/mol. The van der Waals surface area contributed by atoms with E-state index in [-0.39, 0.29) is 36.3 Å². The van der Waals surface area contributed by atoms with E-state index in [2.05, 4.69) is 39.2 Å². The maximum absolute atomic E-state index is 6.24. The monoisotopic (exact) mass is 378 g/mol. The first-order valence-electron chi connectivity index (χ1n) is 9.49. The van der Waals surface area contributed by atoms with Crippen LogP contribution in [0.3, 0.4) is 0 Å². The van der Waals surface area contributed by atoms with Crippen molar-refractivity contribution in [2.24, 2.45) is 11.8 Å². The van der Waals surface area contributed by atoms with Crippen LogP contribution in [-0.4, -0.2) is 51.2 Å². The predicted molar refractivity (Wildman–Crippen MR) is 106 cm³/mol. The first-order chi connectivity index (χ1) is 12.9. The molecule has 5 heteroatoms. The van der Waals surface area contributed by atoms with Crippen molar-refractivity contribution >= 4 is 0 Å². The van der Waals surface area contributed by atoms with Crippen molar-refractivity contribution in [2.45, 2.75) is 64.7 Å². The van der Waals surface area contributed by atoms with Crippen LogP contribution in [0, 0.1) is 11.8 Å². The molecule has 0 saturated heterocycles. The summed E-state index contributed by atoms with van der Waals surface area (Å²) in [5, 5.41) is 0. The van der Waals surface area contributed by atoms with Crippen LogP contribution in [0.5, 0.6) is 0 Å². The molecule has 0 fully saturated rings. The van der Waals surface area contributed by atoms with Crippen LogP contribution >= 0.6 is 0 Å². The van der Waals surface area contributed by atoms with Crippen LogP contribution in [0.15, 0.2) is 48.6 Å². The summed E-state index contributed by atoms with van der Waals surface area (Å²) in [7, 11) is 3.32. The Labute approximate surface area is 163 Å². The lowest BCUT2D eigenvalue weighted by molar-refractivity contribution is -0.270. The Bertz CT molecular complexity index is 531. The quantitative estimate of drug-likeness (QED) is 0.597. The SMILES string of the molecule is C=C[C@H](OC)C1OC(O[C@H]2OC([C@H](C=C)OC)[C@H](C)C=C2C)C(C)=C[C@H]1C. The Morgan fingerprint density at radius 2 is 1.22 bits per heavy atom. The Hall–Kier alpha value is -1.24. The molecule has 2 rings (SSSR count). The van der Waals surface area contributed by atoms with Crippen molar-refractivity contribution in [3.8, 4) is 0 Å². The molecule has 27 heavy (non-hydrogen) atoms. The average Bonchev–Trinajstić information content (AvgIpc) is 2.63. The highest BCUT2D eigenvalue weighted by Crippen LogP contribution is 2.33. The Balaban J connectivity index is 2.16. The van der Waals surface area contributed by atoms with Crippen molar-refractivity contribution in [2.75, 3.05) is 14.2 Å². The standard InChI is InChI=1S/C22H34O5/c1-9-17(23-7)19-13(3)11-15(5)21(25-19)27-22-16(6)12-14(4)20(26-22)18(10-2)24-8/h9-14,17-22H,1-2H2,3-8H3/t13-,14-,17+,18+,19?,20?,21-,22?/m1/s1. The van der Waals surface area contributed by atoms with E-state index in [0.717, 1.165) is 11.1 Å². The van der Waals surface area contributed by atoms with Gasteiger partial charge in [-0.1, -0.05) is 38.2 Å². The van der Waals surface area contributed by atoms with Crippen LogP contribution in [-0.2, 0) is 23.7 Å². The van der Waals surface area contributed by atoms with Gasteiger partial charge in [0.15, 0.2) is 12.6 Å². The molecular formula is C22H34O5. The van der Waals surface area contributed by atoms with E-state index in [9.17, 15) is 0 Å². The lowest BCUT2D eigenvalue weighted by Gasteiger charge is -2.40. The molecule has 8 atom stereocenters. The van der Waals surface area contributed by atoms with Gasteiger partial charge >= 0.3 is 0 Å². The van der Waals surface area contributed by atoms with Crippen LogP contribution in [0.1, 0.15) is 27.7 Å². The normalized spacial score (nSPS) is 36.4. The zero-order valence-electron chi connectivity index (χ0n) is 17.4. The molecule has 0 aromatic heterocycles. The largest absolute Gasteiger partial charge is 0.375 e. The maximum atomic E-state index is 6.24. The fraction of sp³-hybridized carbons (Fsp3) is 0.636. The minimum absolute atomic E-state index is 0.163. The van der Waals surface area contributed by atoms with Gasteiger partial charge in [0.1, 0.15) is 12.2 Å². The van der Waals surface area contributed by atoms with E-state index < -0.39 is 12.6 Å². The van der Waals surface area contributed by atoms with Gasteiger partial charge in [0.25, 0.3) is 0 Å². The van der Waals surface area contributed by atoms with Crippen molar-refractivity contribution in [3.63, 3.8) is 0 Å². The molecule has 0 aliphatic carbocycles. The van der Waals surface area contributed by atoms with Gasteiger partial charge < -0.3 is 23.7 Å². The maximum Gasteiger partial charge on any atom is 0.183 e. The third-order valence-corrected chi connectivity index (χ3v) is 5.30. The lowest BCUT2D eigenvalue weighted by Crippen LogP contribution is -2.46. The number of methoxy groups -OCH3 is 2. The summed E-state index contributed by atoms with van der Waals surface area (Å²) in [5.41, 5.74) is 2.05. The Morgan fingerprint density at radius 3 is 1.52 bits per heavy atom. The highest BCUT2D eigenvalue weighted by molar-refractivity contribution is 5.15. The molecule has 0 spiro atoms. The zero-order chi connectivity index (χ0) is 20.1. The first-order valence-corrected chi connectivity index (χ1v) is 9.49. The number of hydrogen-bond donors (Lipinski definition) is 0. The second-order valence-electron chi connectivity index (χ2n) is 7.41. The van der Waals surface area contributed by atoms with Crippen molar-refractivity contribution in [3.05, 3.63) is 48.6 Å². The highest BCUT2D eigenvalue weighted by atomic mass is 16.8. The Kier molecular flexibility index (Phi) is 8.01. The third kappa shape index (κ3) is 4.98. The third-order valence-electron chi connectivity index (χ3n) is 5.30. The predicted octanol–water partition coefficient (Wildman–Crippen LogP) is 4.02. The van der Waals surface area contributed by atoms with Crippen LogP contribution in [0.4, 0.5) is 0 Å². The van der Waals surface area contributed by atoms with Gasteiger partial charge in [-0.15, -0.1) is 13.2 Å². The molecule has 0 bridgehead atoms. The van der Waals surface area contributed by atoms with Gasteiger partial charge in [-0.3, -0.25) is 0 Å². The molecule has 2 aliphatic rings. The molecule has 0 amide bonds. The molecule has 5 nitrogen and oxygen atoms in total. The minimum atomic E-state index is -0.504. The van der Waals surface area contributed by atoms with Crippen LogP contribution in [0.2, 0.25) is 0 Å². The Morgan fingerprint density at radius 1 is 0.852 bits per heavy atom. The number of ether oxygens (including phenoxy) is 5. The van der Waals surface area contributed by atoms with E-state index in [1.54, 1.807) is 26.4 Å². The second kappa shape index (κ2) is 9.80. The molecule has 2 aliphatic heterocycles. The summed E-state index contributed by atoms with van der Waals surface area (Å²) in [6.45, 7) is 15.9. The van der Waals surface area contributed by atoms with E-state index in [4.69, 9.17) is 23.7 Å². The van der Waals surface area contributed by atoms with Crippen molar-refractivity contribution in [1.82, 2.24) is 0 Å². The summed E-state index contributed by atoms with van der Waals surface area (Å²) < 4.78 is 29.7. The summed E-state index contributed by atoms with van der Waals surface area (Å²) >= 11 is 0. The molecule has 0 aromatic carbocycles. The molecule has 3 unspecified atom stereocenters. The fourth-order valence-electron chi connectivity index (χ4n) is 3.80. The molecule has 0 saturated carbocycles. The van der Waals surface area contributed by atoms with Gasteiger partial charge in [-0.05, 0) is 25.0 Å². The zero-order valence-corrected chi connectivity index (χ0v) is 17.4. The van der Waals surface area contributed by atoms with Gasteiger partial charge in [0, 0.05) is 26.1 Å². The van der Waals surface area contributed by atoms with Crippen LogP contribution < -0.4 is 0 Å². The van der Waals surface area contributed by atoms with Crippen molar-refractivity contribution < 1.29 is 23.7 Å². The molecule has 152 valence electrons. The van der Waals surface area contributed by atoms with Gasteiger partial charge in [0.2, 0.25) is 0 Å². The average molecular weight is 379 g/mol.